The van der Waals surface area contributed by atoms with Crippen LogP contribution >= 0.6 is 0 Å². The maximum Gasteiger partial charge on any atom is 0.205 e. The van der Waals surface area contributed by atoms with Crippen LogP contribution in [-0.2, 0) is 0 Å². The number of imidazole rings is 1. The number of pyridine rings is 1. The Morgan fingerprint density at radius 1 is 1.45 bits per heavy atom. The number of nitrogens with two attached hydrogens (primary N) is 1. The molecule has 0 bridgehead atoms. The molecular formula is C8H9N3. The predicted octanol–water partition coefficient (Wildman–Crippen LogP) is 1.22. The van der Waals surface area contributed by atoms with Crippen LogP contribution in [-0.4, -0.2) is 9.38 Å². The fourth-order valence-electron chi connectivity index (χ4n) is 1.22. The van der Waals surface area contributed by atoms with Gasteiger partial charge in [-0.05, 0) is 19.1 Å². The van der Waals surface area contributed by atoms with E-state index in [4.69, 9.17) is 5.73 Å². The normalized spacial score (nSPS) is 10.6. The zero-order valence-corrected chi connectivity index (χ0v) is 6.28. The first-order chi connectivity index (χ1) is 5.29. The third-order valence-corrected chi connectivity index (χ3v) is 1.76. The van der Waals surface area contributed by atoms with Crippen molar-refractivity contribution < 1.29 is 0 Å². The summed E-state index contributed by atoms with van der Waals surface area (Å²) >= 11 is 0. The Kier molecular flexibility index (Phi) is 1.12. The van der Waals surface area contributed by atoms with Crippen LogP contribution in [0.5, 0.6) is 0 Å². The van der Waals surface area contributed by atoms with Crippen LogP contribution in [0.15, 0.2) is 24.4 Å². The molecule has 0 aliphatic carbocycles. The van der Waals surface area contributed by atoms with Crippen LogP contribution in [0.3, 0.4) is 0 Å². The van der Waals surface area contributed by atoms with Crippen LogP contribution < -0.4 is 5.73 Å². The van der Waals surface area contributed by atoms with Crippen molar-refractivity contribution in [1.82, 2.24) is 9.38 Å². The first-order valence-corrected chi connectivity index (χ1v) is 3.48. The van der Waals surface area contributed by atoms with E-state index >= 15 is 0 Å². The van der Waals surface area contributed by atoms with Gasteiger partial charge in [0.15, 0.2) is 0 Å². The fourth-order valence-corrected chi connectivity index (χ4v) is 1.22. The van der Waals surface area contributed by atoms with E-state index in [1.54, 1.807) is 0 Å². The molecule has 0 fully saturated rings. The molecule has 2 heterocycles. The third-order valence-electron chi connectivity index (χ3n) is 1.76. The van der Waals surface area contributed by atoms with E-state index in [0.717, 1.165) is 11.2 Å². The van der Waals surface area contributed by atoms with Crippen molar-refractivity contribution in [3.05, 3.63) is 30.1 Å². The van der Waals surface area contributed by atoms with Gasteiger partial charge in [0.2, 0.25) is 5.95 Å². The molecule has 0 spiro atoms. The zero-order valence-electron chi connectivity index (χ0n) is 6.28. The highest BCUT2D eigenvalue weighted by Gasteiger charge is 2.01. The lowest BCUT2D eigenvalue weighted by Gasteiger charge is -1.92. The third kappa shape index (κ3) is 0.774. The number of aryl methyl sites for hydroxylation is 1. The van der Waals surface area contributed by atoms with E-state index in [1.807, 2.05) is 35.7 Å². The highest BCUT2D eigenvalue weighted by Crippen LogP contribution is 2.12. The van der Waals surface area contributed by atoms with Gasteiger partial charge in [0, 0.05) is 6.20 Å². The minimum atomic E-state index is 0.554. The molecule has 2 aromatic rings. The number of hydrogen-bond acceptors (Lipinski definition) is 2. The van der Waals surface area contributed by atoms with E-state index < -0.39 is 0 Å². The molecule has 0 amide bonds. The first-order valence-electron chi connectivity index (χ1n) is 3.48. The van der Waals surface area contributed by atoms with E-state index in [9.17, 15) is 0 Å². The number of aromatic nitrogens is 2. The summed E-state index contributed by atoms with van der Waals surface area (Å²) in [5.74, 6) is 0.554. The van der Waals surface area contributed by atoms with Crippen LogP contribution in [0, 0.1) is 6.92 Å². The monoisotopic (exact) mass is 147 g/mol. The molecule has 3 heteroatoms. The summed E-state index contributed by atoms with van der Waals surface area (Å²) in [6.07, 6.45) is 1.91. The lowest BCUT2D eigenvalue weighted by Crippen LogP contribution is -1.92. The molecule has 0 unspecified atom stereocenters. The molecule has 2 N–H and O–H groups in total. The molecule has 2 rings (SSSR count). The van der Waals surface area contributed by atoms with Gasteiger partial charge >= 0.3 is 0 Å². The van der Waals surface area contributed by atoms with Crippen molar-refractivity contribution in [1.29, 1.82) is 0 Å². The van der Waals surface area contributed by atoms with Gasteiger partial charge in [-0.25, -0.2) is 4.98 Å². The Hall–Kier alpha value is -1.51. The molecule has 3 nitrogen and oxygen atoms in total. The Balaban J connectivity index is 2.95. The highest BCUT2D eigenvalue weighted by molar-refractivity contribution is 5.56. The van der Waals surface area contributed by atoms with Gasteiger partial charge in [0.1, 0.15) is 0 Å². The Morgan fingerprint density at radius 3 is 3.00 bits per heavy atom. The molecular weight excluding hydrogens is 138 g/mol. The summed E-state index contributed by atoms with van der Waals surface area (Å²) in [7, 11) is 0. The van der Waals surface area contributed by atoms with Gasteiger partial charge in [-0.1, -0.05) is 6.07 Å². The lowest BCUT2D eigenvalue weighted by atomic mass is 10.3. The van der Waals surface area contributed by atoms with Gasteiger partial charge in [0.25, 0.3) is 0 Å². The minimum absolute atomic E-state index is 0.554. The molecule has 0 atom stereocenters. The maximum atomic E-state index is 5.63. The number of fused-ring (bicyclic) bond motifs is 1. The second-order valence-electron chi connectivity index (χ2n) is 2.51. The largest absolute Gasteiger partial charge is 0.369 e. The number of nitrogen functional groups attached to an aromatic ring is 1. The molecule has 0 radical (unpaired) electrons. The second-order valence-corrected chi connectivity index (χ2v) is 2.51. The van der Waals surface area contributed by atoms with E-state index in [0.29, 0.717) is 5.95 Å². The first kappa shape index (κ1) is 6.22. The Bertz CT molecular complexity index is 353. The fraction of sp³-hybridized carbons (Fsp3) is 0.125. The van der Waals surface area contributed by atoms with Gasteiger partial charge in [-0.2, -0.15) is 0 Å². The quantitative estimate of drug-likeness (QED) is 0.609. The molecule has 0 saturated carbocycles. The van der Waals surface area contributed by atoms with Gasteiger partial charge in [-0.3, -0.25) is 4.40 Å². The van der Waals surface area contributed by atoms with Crippen LogP contribution in [0.1, 0.15) is 5.69 Å². The second kappa shape index (κ2) is 1.99. The Morgan fingerprint density at radius 2 is 2.27 bits per heavy atom. The van der Waals surface area contributed by atoms with Crippen molar-refractivity contribution in [2.24, 2.45) is 0 Å². The van der Waals surface area contributed by atoms with Crippen molar-refractivity contribution in [3.8, 4) is 0 Å². The molecule has 2 aromatic heterocycles. The number of hydrogen-bond donors (Lipinski definition) is 1. The van der Waals surface area contributed by atoms with Gasteiger partial charge in [0.05, 0.1) is 11.2 Å². The summed E-state index contributed by atoms with van der Waals surface area (Å²) in [6, 6.07) is 5.91. The van der Waals surface area contributed by atoms with Crippen LogP contribution in [0.4, 0.5) is 5.95 Å². The minimum Gasteiger partial charge on any atom is -0.369 e. The zero-order chi connectivity index (χ0) is 7.84. The van der Waals surface area contributed by atoms with Gasteiger partial charge < -0.3 is 5.73 Å². The molecule has 0 saturated heterocycles. The molecule has 0 aliphatic rings. The number of rotatable bonds is 0. The van der Waals surface area contributed by atoms with Crippen molar-refractivity contribution in [2.75, 3.05) is 5.73 Å². The smallest absolute Gasteiger partial charge is 0.205 e. The van der Waals surface area contributed by atoms with E-state index in [1.165, 1.54) is 0 Å². The molecule has 56 valence electrons. The van der Waals surface area contributed by atoms with E-state index in [2.05, 4.69) is 4.98 Å². The van der Waals surface area contributed by atoms with Gasteiger partial charge in [-0.15, -0.1) is 0 Å². The highest BCUT2D eigenvalue weighted by atomic mass is 15.1. The lowest BCUT2D eigenvalue weighted by molar-refractivity contribution is 1.17. The van der Waals surface area contributed by atoms with Crippen molar-refractivity contribution >= 4 is 11.5 Å². The number of nitrogens with zero attached hydrogens (tertiary/aromatic N) is 2. The summed E-state index contributed by atoms with van der Waals surface area (Å²) in [5, 5.41) is 0. The molecule has 11 heavy (non-hydrogen) atoms. The average Bonchev–Trinajstić information content (AvgIpc) is 2.30. The summed E-state index contributed by atoms with van der Waals surface area (Å²) < 4.78 is 1.87. The summed E-state index contributed by atoms with van der Waals surface area (Å²) in [6.45, 7) is 1.95. The molecule has 0 aliphatic heterocycles. The average molecular weight is 147 g/mol. The van der Waals surface area contributed by atoms with Crippen LogP contribution in [0.2, 0.25) is 0 Å². The van der Waals surface area contributed by atoms with E-state index in [-0.39, 0.29) is 0 Å². The molecule has 0 aromatic carbocycles. The summed E-state index contributed by atoms with van der Waals surface area (Å²) in [4.78, 5) is 4.13. The number of anilines is 1. The SMILES string of the molecule is Cc1nc(N)n2ccccc12. The Labute approximate surface area is 64.5 Å². The summed E-state index contributed by atoms with van der Waals surface area (Å²) in [5.41, 5.74) is 7.68. The van der Waals surface area contributed by atoms with Crippen LogP contribution in [0.25, 0.3) is 5.52 Å². The maximum absolute atomic E-state index is 5.63. The predicted molar refractivity (Wildman–Crippen MR) is 44.3 cm³/mol. The van der Waals surface area contributed by atoms with Crippen molar-refractivity contribution in [2.45, 2.75) is 6.92 Å². The van der Waals surface area contributed by atoms with Crippen molar-refractivity contribution in [3.63, 3.8) is 0 Å². The standard InChI is InChI=1S/C8H9N3/c1-6-7-4-2-3-5-11(7)8(9)10-6/h2-5H,1H3,(H2,9,10). The topological polar surface area (TPSA) is 43.3 Å².